The minimum atomic E-state index is 0.546. The predicted octanol–water partition coefficient (Wildman–Crippen LogP) is 4.52. The molecular formula is C18H19NO2. The van der Waals surface area contributed by atoms with Gasteiger partial charge in [-0.2, -0.15) is 0 Å². The van der Waals surface area contributed by atoms with E-state index in [0.29, 0.717) is 12.3 Å². The van der Waals surface area contributed by atoms with E-state index in [1.165, 1.54) is 0 Å². The van der Waals surface area contributed by atoms with Crippen LogP contribution < -0.4 is 4.74 Å². The maximum Gasteiger partial charge on any atom is 0.120 e. The Hall–Kier alpha value is -2.55. The number of rotatable bonds is 5. The summed E-state index contributed by atoms with van der Waals surface area (Å²) in [6.07, 6.45) is 1.96. The number of oxime groups is 1. The Bertz CT molecular complexity index is 645. The van der Waals surface area contributed by atoms with Gasteiger partial charge in [-0.25, -0.2) is 0 Å². The van der Waals surface area contributed by atoms with Gasteiger partial charge in [0.25, 0.3) is 0 Å². The highest BCUT2D eigenvalue weighted by Gasteiger charge is 1.99. The zero-order valence-corrected chi connectivity index (χ0v) is 12.3. The van der Waals surface area contributed by atoms with Crippen LogP contribution in [0.25, 0.3) is 6.08 Å². The maximum absolute atomic E-state index is 8.77. The Morgan fingerprint density at radius 2 is 1.86 bits per heavy atom. The topological polar surface area (TPSA) is 41.8 Å². The second-order valence-electron chi connectivity index (χ2n) is 4.86. The molecule has 108 valence electrons. The molecule has 0 spiro atoms. The van der Waals surface area contributed by atoms with Crippen molar-refractivity contribution in [1.82, 2.24) is 0 Å². The van der Waals surface area contributed by atoms with E-state index in [4.69, 9.17) is 9.94 Å². The number of nitrogens with zero attached hydrogens (tertiary/aromatic N) is 1. The van der Waals surface area contributed by atoms with Crippen molar-refractivity contribution < 1.29 is 9.94 Å². The van der Waals surface area contributed by atoms with Crippen molar-refractivity contribution in [2.24, 2.45) is 5.16 Å². The van der Waals surface area contributed by atoms with Crippen LogP contribution in [0.2, 0.25) is 0 Å². The number of hydrogen-bond acceptors (Lipinski definition) is 3. The van der Waals surface area contributed by atoms with Gasteiger partial charge < -0.3 is 9.94 Å². The molecule has 21 heavy (non-hydrogen) atoms. The lowest BCUT2D eigenvalue weighted by Gasteiger charge is -2.07. The molecule has 0 aliphatic rings. The second-order valence-corrected chi connectivity index (χ2v) is 4.86. The van der Waals surface area contributed by atoms with E-state index in [-0.39, 0.29) is 0 Å². The summed E-state index contributed by atoms with van der Waals surface area (Å²) < 4.78 is 5.79. The third kappa shape index (κ3) is 4.49. The van der Waals surface area contributed by atoms with Crippen LogP contribution in [0.1, 0.15) is 25.0 Å². The number of ether oxygens (including phenoxy) is 1. The lowest BCUT2D eigenvalue weighted by molar-refractivity contribution is 0.306. The van der Waals surface area contributed by atoms with Crippen LogP contribution in [0.3, 0.4) is 0 Å². The molecule has 0 unspecified atom stereocenters. The van der Waals surface area contributed by atoms with Crippen LogP contribution in [0.4, 0.5) is 0 Å². The van der Waals surface area contributed by atoms with Crippen molar-refractivity contribution in [2.45, 2.75) is 20.5 Å². The first-order chi connectivity index (χ1) is 10.2. The second kappa shape index (κ2) is 7.29. The van der Waals surface area contributed by atoms with E-state index in [0.717, 1.165) is 22.4 Å². The first-order valence-corrected chi connectivity index (χ1v) is 6.83. The number of benzene rings is 2. The molecule has 0 saturated carbocycles. The molecule has 1 N–H and O–H groups in total. The average molecular weight is 281 g/mol. The molecule has 0 fully saturated rings. The predicted molar refractivity (Wildman–Crippen MR) is 85.8 cm³/mol. The molecule has 0 aliphatic heterocycles. The van der Waals surface area contributed by atoms with Gasteiger partial charge in [0, 0.05) is 0 Å². The molecule has 0 saturated heterocycles. The standard InChI is InChI=1S/C18H19NO2/c1-14(15(2)19-20)11-17-9-6-10-18(12-17)21-13-16-7-4-3-5-8-16/h3-12,20H,13H2,1-2H3/b14-11-,19-15+. The summed E-state index contributed by atoms with van der Waals surface area (Å²) in [6, 6.07) is 17.9. The van der Waals surface area contributed by atoms with Gasteiger partial charge in [0.15, 0.2) is 0 Å². The van der Waals surface area contributed by atoms with Crippen molar-refractivity contribution in [3.05, 3.63) is 71.3 Å². The highest BCUT2D eigenvalue weighted by Crippen LogP contribution is 2.17. The third-order valence-corrected chi connectivity index (χ3v) is 3.21. The fourth-order valence-electron chi connectivity index (χ4n) is 1.87. The van der Waals surface area contributed by atoms with Crippen molar-refractivity contribution in [2.75, 3.05) is 0 Å². The fourth-order valence-corrected chi connectivity index (χ4v) is 1.87. The van der Waals surface area contributed by atoms with Gasteiger partial charge in [0.1, 0.15) is 12.4 Å². The van der Waals surface area contributed by atoms with Gasteiger partial charge in [0.05, 0.1) is 5.71 Å². The molecule has 0 atom stereocenters. The lowest BCUT2D eigenvalue weighted by atomic mass is 10.1. The quantitative estimate of drug-likeness (QED) is 0.497. The molecule has 2 aromatic rings. The average Bonchev–Trinajstić information content (AvgIpc) is 2.53. The van der Waals surface area contributed by atoms with Crippen LogP contribution in [0.5, 0.6) is 5.75 Å². The number of allylic oxidation sites excluding steroid dienone is 1. The molecule has 0 aliphatic carbocycles. The summed E-state index contributed by atoms with van der Waals surface area (Å²) in [5.74, 6) is 0.819. The third-order valence-electron chi connectivity index (χ3n) is 3.21. The van der Waals surface area contributed by atoms with E-state index < -0.39 is 0 Å². The first kappa shape index (κ1) is 14.9. The Kier molecular flexibility index (Phi) is 5.16. The highest BCUT2D eigenvalue weighted by molar-refractivity contribution is 6.01. The molecule has 0 aromatic heterocycles. The summed E-state index contributed by atoms with van der Waals surface area (Å²) >= 11 is 0. The van der Waals surface area contributed by atoms with Crippen LogP contribution in [-0.2, 0) is 6.61 Å². The normalized spacial score (nSPS) is 12.3. The van der Waals surface area contributed by atoms with E-state index in [2.05, 4.69) is 5.16 Å². The van der Waals surface area contributed by atoms with Crippen LogP contribution >= 0.6 is 0 Å². The van der Waals surface area contributed by atoms with Crippen molar-refractivity contribution >= 4 is 11.8 Å². The SMILES string of the molecule is CC(=C/c1cccc(OCc2ccccc2)c1)/C(C)=N/O. The molecular weight excluding hydrogens is 262 g/mol. The van der Waals surface area contributed by atoms with Crippen LogP contribution in [-0.4, -0.2) is 10.9 Å². The van der Waals surface area contributed by atoms with Gasteiger partial charge in [-0.1, -0.05) is 47.6 Å². The summed E-state index contributed by atoms with van der Waals surface area (Å²) in [5.41, 5.74) is 3.67. The Morgan fingerprint density at radius 1 is 1.10 bits per heavy atom. The summed E-state index contributed by atoms with van der Waals surface area (Å²) in [6.45, 7) is 4.22. The van der Waals surface area contributed by atoms with Crippen molar-refractivity contribution in [3.63, 3.8) is 0 Å². The van der Waals surface area contributed by atoms with Crippen molar-refractivity contribution in [3.8, 4) is 5.75 Å². The molecule has 2 aromatic carbocycles. The molecule has 0 amide bonds. The zero-order valence-electron chi connectivity index (χ0n) is 12.3. The van der Waals surface area contributed by atoms with Crippen molar-refractivity contribution in [1.29, 1.82) is 0 Å². The van der Waals surface area contributed by atoms with Gasteiger partial charge in [-0.3, -0.25) is 0 Å². The zero-order chi connectivity index (χ0) is 15.1. The Labute approximate surface area is 125 Å². The largest absolute Gasteiger partial charge is 0.489 e. The van der Waals surface area contributed by atoms with E-state index >= 15 is 0 Å². The molecule has 0 radical (unpaired) electrons. The van der Waals surface area contributed by atoms with Crippen LogP contribution in [0.15, 0.2) is 65.3 Å². The molecule has 0 bridgehead atoms. The maximum atomic E-state index is 8.77. The lowest BCUT2D eigenvalue weighted by Crippen LogP contribution is -1.95. The summed E-state index contributed by atoms with van der Waals surface area (Å²) in [7, 11) is 0. The van der Waals surface area contributed by atoms with Crippen LogP contribution in [0, 0.1) is 0 Å². The van der Waals surface area contributed by atoms with E-state index in [9.17, 15) is 0 Å². The van der Waals surface area contributed by atoms with E-state index in [1.807, 2.05) is 67.6 Å². The van der Waals surface area contributed by atoms with Gasteiger partial charge in [-0.15, -0.1) is 0 Å². The molecule has 3 nitrogen and oxygen atoms in total. The molecule has 0 heterocycles. The fraction of sp³-hybridized carbons (Fsp3) is 0.167. The molecule has 3 heteroatoms. The Morgan fingerprint density at radius 3 is 2.57 bits per heavy atom. The highest BCUT2D eigenvalue weighted by atomic mass is 16.5. The van der Waals surface area contributed by atoms with E-state index in [1.54, 1.807) is 6.92 Å². The minimum absolute atomic E-state index is 0.546. The molecule has 2 rings (SSSR count). The number of hydrogen-bond donors (Lipinski definition) is 1. The first-order valence-electron chi connectivity index (χ1n) is 6.83. The van der Waals surface area contributed by atoms with Gasteiger partial charge >= 0.3 is 0 Å². The monoisotopic (exact) mass is 281 g/mol. The minimum Gasteiger partial charge on any atom is -0.489 e. The smallest absolute Gasteiger partial charge is 0.120 e. The Balaban J connectivity index is 2.08. The summed E-state index contributed by atoms with van der Waals surface area (Å²) in [5, 5.41) is 12.0. The van der Waals surface area contributed by atoms with Gasteiger partial charge in [-0.05, 0) is 48.8 Å². The summed E-state index contributed by atoms with van der Waals surface area (Å²) in [4.78, 5) is 0. The van der Waals surface area contributed by atoms with Gasteiger partial charge in [0.2, 0.25) is 0 Å².